The SMILES string of the molecule is CCc1ncc(CN2CCC[C@@H](C(=O)Nc3cccc(-c4cc5ccccc5[nH]4)c3)C2)cn1. The highest BCUT2D eigenvalue weighted by Gasteiger charge is 2.26. The molecular weight excluding hydrogens is 410 g/mol. The molecule has 4 aromatic rings. The minimum Gasteiger partial charge on any atom is -0.355 e. The molecule has 0 spiro atoms. The summed E-state index contributed by atoms with van der Waals surface area (Å²) in [7, 11) is 0. The number of nitrogens with one attached hydrogen (secondary N) is 2. The quantitative estimate of drug-likeness (QED) is 0.442. The van der Waals surface area contributed by atoms with E-state index in [4.69, 9.17) is 0 Å². The number of H-pyrrole nitrogens is 1. The summed E-state index contributed by atoms with van der Waals surface area (Å²) < 4.78 is 0. The second-order valence-corrected chi connectivity index (χ2v) is 8.78. The molecule has 0 unspecified atom stereocenters. The van der Waals surface area contributed by atoms with Crippen molar-refractivity contribution in [3.8, 4) is 11.3 Å². The monoisotopic (exact) mass is 439 g/mol. The van der Waals surface area contributed by atoms with E-state index in [9.17, 15) is 4.79 Å². The first-order valence-electron chi connectivity index (χ1n) is 11.7. The highest BCUT2D eigenvalue weighted by atomic mass is 16.1. The number of aryl methyl sites for hydroxylation is 1. The lowest BCUT2D eigenvalue weighted by Crippen LogP contribution is -2.40. The van der Waals surface area contributed by atoms with Crippen molar-refractivity contribution in [3.05, 3.63) is 78.4 Å². The largest absolute Gasteiger partial charge is 0.355 e. The van der Waals surface area contributed by atoms with Gasteiger partial charge in [0, 0.05) is 65.3 Å². The van der Waals surface area contributed by atoms with E-state index in [2.05, 4.69) is 56.4 Å². The van der Waals surface area contributed by atoms with Gasteiger partial charge in [0.2, 0.25) is 5.91 Å². The average molecular weight is 440 g/mol. The maximum Gasteiger partial charge on any atom is 0.228 e. The Kier molecular flexibility index (Phi) is 6.17. The summed E-state index contributed by atoms with van der Waals surface area (Å²) in [6, 6.07) is 18.4. The number of piperidine rings is 1. The van der Waals surface area contributed by atoms with Gasteiger partial charge in [-0.05, 0) is 43.7 Å². The Balaban J connectivity index is 1.23. The summed E-state index contributed by atoms with van der Waals surface area (Å²) in [5.41, 5.74) is 5.15. The zero-order valence-electron chi connectivity index (χ0n) is 18.9. The minimum atomic E-state index is -0.0219. The number of likely N-dealkylation sites (tertiary alicyclic amines) is 1. The van der Waals surface area contributed by atoms with E-state index in [1.165, 1.54) is 5.39 Å². The van der Waals surface area contributed by atoms with Gasteiger partial charge >= 0.3 is 0 Å². The van der Waals surface area contributed by atoms with Crippen molar-refractivity contribution >= 4 is 22.5 Å². The molecule has 2 N–H and O–H groups in total. The molecule has 1 aliphatic rings. The Hall–Kier alpha value is -3.51. The molecule has 1 atom stereocenters. The Morgan fingerprint density at radius 3 is 2.79 bits per heavy atom. The molecule has 6 heteroatoms. The number of hydrogen-bond donors (Lipinski definition) is 2. The second-order valence-electron chi connectivity index (χ2n) is 8.78. The fourth-order valence-electron chi connectivity index (χ4n) is 4.55. The van der Waals surface area contributed by atoms with Crippen molar-refractivity contribution < 1.29 is 4.79 Å². The lowest BCUT2D eigenvalue weighted by atomic mass is 9.96. The molecular formula is C27H29N5O. The Morgan fingerprint density at radius 1 is 1.12 bits per heavy atom. The number of carbonyl (C=O) groups excluding carboxylic acids is 1. The van der Waals surface area contributed by atoms with Crippen molar-refractivity contribution in [2.24, 2.45) is 5.92 Å². The van der Waals surface area contributed by atoms with Crippen LogP contribution in [0.2, 0.25) is 0 Å². The molecule has 6 nitrogen and oxygen atoms in total. The molecule has 1 fully saturated rings. The van der Waals surface area contributed by atoms with Gasteiger partial charge in [-0.15, -0.1) is 0 Å². The van der Waals surface area contributed by atoms with Crippen LogP contribution in [-0.4, -0.2) is 38.8 Å². The topological polar surface area (TPSA) is 73.9 Å². The number of nitrogens with zero attached hydrogens (tertiary/aromatic N) is 3. The van der Waals surface area contributed by atoms with E-state index in [1.807, 2.05) is 42.7 Å². The molecule has 2 aromatic heterocycles. The molecule has 3 heterocycles. The number of para-hydroxylation sites is 1. The zero-order chi connectivity index (χ0) is 22.6. The van der Waals surface area contributed by atoms with E-state index < -0.39 is 0 Å². The van der Waals surface area contributed by atoms with Crippen molar-refractivity contribution in [3.63, 3.8) is 0 Å². The third kappa shape index (κ3) is 4.96. The molecule has 0 bridgehead atoms. The minimum absolute atomic E-state index is 0.0219. The van der Waals surface area contributed by atoms with Gasteiger partial charge in [-0.3, -0.25) is 9.69 Å². The third-order valence-corrected chi connectivity index (χ3v) is 6.33. The van der Waals surface area contributed by atoms with Crippen molar-refractivity contribution in [2.75, 3.05) is 18.4 Å². The normalized spacial score (nSPS) is 16.7. The first-order valence-corrected chi connectivity index (χ1v) is 11.7. The number of fused-ring (bicyclic) bond motifs is 1. The van der Waals surface area contributed by atoms with Gasteiger partial charge in [-0.25, -0.2) is 9.97 Å². The molecule has 5 rings (SSSR count). The standard InChI is InChI=1S/C27H29N5O/c1-2-26-28-15-19(16-29-26)17-32-12-6-9-22(18-32)27(33)30-23-10-5-8-20(13-23)25-14-21-7-3-4-11-24(21)31-25/h3-5,7-8,10-11,13-16,22,31H,2,6,9,12,17-18H2,1H3,(H,30,33)/t22-/m1/s1. The number of amides is 1. The predicted octanol–water partition coefficient (Wildman–Crippen LogP) is 5.04. The van der Waals surface area contributed by atoms with E-state index in [1.54, 1.807) is 0 Å². The lowest BCUT2D eigenvalue weighted by molar-refractivity contribution is -0.121. The number of benzene rings is 2. The van der Waals surface area contributed by atoms with Gasteiger partial charge in [-0.2, -0.15) is 0 Å². The van der Waals surface area contributed by atoms with E-state index in [0.717, 1.165) is 72.7 Å². The number of hydrogen-bond acceptors (Lipinski definition) is 4. The molecule has 1 saturated heterocycles. The summed E-state index contributed by atoms with van der Waals surface area (Å²) in [6.45, 7) is 4.58. The van der Waals surface area contributed by atoms with Crippen LogP contribution in [0.4, 0.5) is 5.69 Å². The maximum atomic E-state index is 13.1. The Bertz CT molecular complexity index is 1210. The molecule has 0 saturated carbocycles. The van der Waals surface area contributed by atoms with Crippen LogP contribution in [0, 0.1) is 5.92 Å². The summed E-state index contributed by atoms with van der Waals surface area (Å²) in [6.07, 6.45) is 6.58. The van der Waals surface area contributed by atoms with Gasteiger partial charge < -0.3 is 10.3 Å². The van der Waals surface area contributed by atoms with Gasteiger partial charge in [-0.1, -0.05) is 37.3 Å². The number of anilines is 1. The molecule has 33 heavy (non-hydrogen) atoms. The Morgan fingerprint density at radius 2 is 1.97 bits per heavy atom. The molecule has 2 aromatic carbocycles. The fourth-order valence-corrected chi connectivity index (χ4v) is 4.55. The lowest BCUT2D eigenvalue weighted by Gasteiger charge is -2.31. The molecule has 1 amide bonds. The van der Waals surface area contributed by atoms with Crippen molar-refractivity contribution in [2.45, 2.75) is 32.7 Å². The van der Waals surface area contributed by atoms with Crippen LogP contribution in [0.1, 0.15) is 31.2 Å². The smallest absolute Gasteiger partial charge is 0.228 e. The molecule has 1 aliphatic heterocycles. The van der Waals surface area contributed by atoms with Crippen LogP contribution in [0.5, 0.6) is 0 Å². The van der Waals surface area contributed by atoms with Crippen LogP contribution in [0.25, 0.3) is 22.2 Å². The summed E-state index contributed by atoms with van der Waals surface area (Å²) >= 11 is 0. The van der Waals surface area contributed by atoms with Crippen LogP contribution in [-0.2, 0) is 17.8 Å². The van der Waals surface area contributed by atoms with Crippen LogP contribution in [0.3, 0.4) is 0 Å². The van der Waals surface area contributed by atoms with Crippen LogP contribution in [0.15, 0.2) is 67.0 Å². The maximum absolute atomic E-state index is 13.1. The van der Waals surface area contributed by atoms with Gasteiger partial charge in [0.05, 0.1) is 5.92 Å². The molecule has 0 aliphatic carbocycles. The number of carbonyl (C=O) groups is 1. The van der Waals surface area contributed by atoms with Crippen LogP contribution >= 0.6 is 0 Å². The van der Waals surface area contributed by atoms with Crippen molar-refractivity contribution in [1.82, 2.24) is 19.9 Å². The first-order chi connectivity index (χ1) is 16.2. The summed E-state index contributed by atoms with van der Waals surface area (Å²) in [5.74, 6) is 0.932. The van der Waals surface area contributed by atoms with Crippen LogP contribution < -0.4 is 5.32 Å². The average Bonchev–Trinajstić information content (AvgIpc) is 3.29. The first kappa shape index (κ1) is 21.3. The number of rotatable bonds is 6. The number of aromatic amines is 1. The highest BCUT2D eigenvalue weighted by molar-refractivity contribution is 5.94. The van der Waals surface area contributed by atoms with Crippen molar-refractivity contribution in [1.29, 1.82) is 0 Å². The van der Waals surface area contributed by atoms with Gasteiger partial charge in [0.1, 0.15) is 5.82 Å². The Labute approximate surface area is 194 Å². The summed E-state index contributed by atoms with van der Waals surface area (Å²) in [5, 5.41) is 4.33. The molecule has 168 valence electrons. The predicted molar refractivity (Wildman–Crippen MR) is 132 cm³/mol. The van der Waals surface area contributed by atoms with E-state index >= 15 is 0 Å². The molecule has 0 radical (unpaired) electrons. The second kappa shape index (κ2) is 9.55. The van der Waals surface area contributed by atoms with Gasteiger partial charge in [0.25, 0.3) is 0 Å². The summed E-state index contributed by atoms with van der Waals surface area (Å²) in [4.78, 5) is 27.7. The van der Waals surface area contributed by atoms with E-state index in [-0.39, 0.29) is 11.8 Å². The van der Waals surface area contributed by atoms with Gasteiger partial charge in [0.15, 0.2) is 0 Å². The van der Waals surface area contributed by atoms with E-state index in [0.29, 0.717) is 0 Å². The number of aromatic nitrogens is 3. The third-order valence-electron chi connectivity index (χ3n) is 6.33. The zero-order valence-corrected chi connectivity index (χ0v) is 18.9. The highest BCUT2D eigenvalue weighted by Crippen LogP contribution is 2.27. The fraction of sp³-hybridized carbons (Fsp3) is 0.296.